The summed E-state index contributed by atoms with van der Waals surface area (Å²) in [5, 5.41) is 1.01. The van der Waals surface area contributed by atoms with Crippen molar-refractivity contribution in [2.75, 3.05) is 0 Å². The Bertz CT molecular complexity index is 174. The van der Waals surface area contributed by atoms with Gasteiger partial charge in [-0.25, -0.2) is 9.55 Å². The zero-order chi connectivity index (χ0) is 6.15. The molecular formula is C4H5Cl2N2+. The molecule has 0 atom stereocenters. The maximum atomic E-state index is 5.59. The van der Waals surface area contributed by atoms with Gasteiger partial charge in [-0.05, 0) is 23.2 Å². The fourth-order valence-electron chi connectivity index (χ4n) is 0.425. The van der Waals surface area contributed by atoms with Crippen molar-refractivity contribution < 1.29 is 4.57 Å². The Morgan fingerprint density at radius 1 is 1.62 bits per heavy atom. The number of aryl methyl sites for hydroxylation is 1. The predicted molar refractivity (Wildman–Crippen MR) is 32.0 cm³/mol. The van der Waals surface area contributed by atoms with Crippen LogP contribution in [0.5, 0.6) is 0 Å². The standard InChI is InChI=1S/C4H4Cl2N2/c1-8-2-7-3(5)4(8)6/h2H,1H3/p+1. The van der Waals surface area contributed by atoms with Gasteiger partial charge in [0.05, 0.1) is 7.05 Å². The average molecular weight is 152 g/mol. The lowest BCUT2D eigenvalue weighted by atomic mass is 10.9. The molecule has 44 valence electrons. The maximum absolute atomic E-state index is 5.59. The SMILES string of the molecule is C[n+]1c[nH]c(Cl)c1Cl. The molecule has 0 bridgehead atoms. The number of halogens is 2. The molecule has 0 aromatic carbocycles. The quantitative estimate of drug-likeness (QED) is 0.538. The van der Waals surface area contributed by atoms with E-state index < -0.39 is 0 Å². The van der Waals surface area contributed by atoms with Crippen molar-refractivity contribution in [3.05, 3.63) is 16.6 Å². The fourth-order valence-corrected chi connectivity index (χ4v) is 0.710. The number of nitrogens with one attached hydrogen (secondary N) is 1. The lowest BCUT2D eigenvalue weighted by Gasteiger charge is -1.77. The molecule has 0 aliphatic carbocycles. The summed E-state index contributed by atoms with van der Waals surface area (Å²) in [4.78, 5) is 2.73. The van der Waals surface area contributed by atoms with Crippen LogP contribution in [-0.2, 0) is 7.05 Å². The zero-order valence-corrected chi connectivity index (χ0v) is 5.79. The molecule has 1 rings (SSSR count). The summed E-state index contributed by atoms with van der Waals surface area (Å²) in [7, 11) is 1.81. The molecule has 1 heterocycles. The van der Waals surface area contributed by atoms with Gasteiger partial charge in [-0.3, -0.25) is 0 Å². The molecule has 0 fully saturated rings. The molecule has 1 N–H and O–H groups in total. The van der Waals surface area contributed by atoms with E-state index in [4.69, 9.17) is 23.2 Å². The predicted octanol–water partition coefficient (Wildman–Crippen LogP) is 1.15. The Morgan fingerprint density at radius 3 is 2.38 bits per heavy atom. The van der Waals surface area contributed by atoms with Crippen molar-refractivity contribution in [3.63, 3.8) is 0 Å². The van der Waals surface area contributed by atoms with Crippen molar-refractivity contribution in [1.82, 2.24) is 4.98 Å². The Balaban J connectivity index is 3.19. The molecule has 1 aromatic rings. The third kappa shape index (κ3) is 0.812. The third-order valence-electron chi connectivity index (χ3n) is 0.876. The molecule has 0 aliphatic heterocycles. The number of nitrogens with zero attached hydrogens (tertiary/aromatic N) is 1. The van der Waals surface area contributed by atoms with E-state index in [0.29, 0.717) is 10.3 Å². The molecule has 8 heavy (non-hydrogen) atoms. The highest BCUT2D eigenvalue weighted by Crippen LogP contribution is 2.12. The van der Waals surface area contributed by atoms with Crippen LogP contribution in [0.3, 0.4) is 0 Å². The summed E-state index contributed by atoms with van der Waals surface area (Å²) < 4.78 is 1.70. The summed E-state index contributed by atoms with van der Waals surface area (Å²) in [6, 6.07) is 0. The highest BCUT2D eigenvalue weighted by Gasteiger charge is 2.07. The zero-order valence-electron chi connectivity index (χ0n) is 4.28. The minimum atomic E-state index is 0.481. The Labute approximate surface area is 57.0 Å². The summed E-state index contributed by atoms with van der Waals surface area (Å²) in [6.07, 6.45) is 1.69. The molecular weight excluding hydrogens is 147 g/mol. The minimum absolute atomic E-state index is 0.481. The molecule has 0 radical (unpaired) electrons. The number of imidazole rings is 1. The van der Waals surface area contributed by atoms with Crippen molar-refractivity contribution in [1.29, 1.82) is 0 Å². The maximum Gasteiger partial charge on any atom is 0.254 e. The van der Waals surface area contributed by atoms with Crippen LogP contribution in [0.25, 0.3) is 0 Å². The number of hydrogen-bond acceptors (Lipinski definition) is 0. The van der Waals surface area contributed by atoms with Crippen LogP contribution in [0.1, 0.15) is 0 Å². The summed E-state index contributed by atoms with van der Waals surface area (Å²) in [5.41, 5.74) is 0. The molecule has 0 spiro atoms. The number of H-pyrrole nitrogens is 1. The monoisotopic (exact) mass is 151 g/mol. The summed E-state index contributed by atoms with van der Waals surface area (Å²) in [6.45, 7) is 0. The number of aromatic nitrogens is 2. The highest BCUT2D eigenvalue weighted by molar-refractivity contribution is 6.39. The smallest absolute Gasteiger partial charge is 0.233 e. The van der Waals surface area contributed by atoms with Crippen LogP contribution in [0.15, 0.2) is 6.33 Å². The second kappa shape index (κ2) is 1.96. The van der Waals surface area contributed by atoms with Gasteiger partial charge in [0.1, 0.15) is 0 Å². The van der Waals surface area contributed by atoms with Crippen molar-refractivity contribution in [2.24, 2.45) is 7.05 Å². The Kier molecular flexibility index (Phi) is 1.45. The van der Waals surface area contributed by atoms with Gasteiger partial charge in [-0.15, -0.1) is 0 Å². The van der Waals surface area contributed by atoms with Gasteiger partial charge in [0.25, 0.3) is 10.3 Å². The number of aromatic amines is 1. The molecule has 0 unspecified atom stereocenters. The van der Waals surface area contributed by atoms with Gasteiger partial charge in [-0.1, -0.05) is 0 Å². The van der Waals surface area contributed by atoms with Gasteiger partial charge in [0.15, 0.2) is 0 Å². The van der Waals surface area contributed by atoms with E-state index in [1.54, 1.807) is 10.9 Å². The van der Waals surface area contributed by atoms with E-state index >= 15 is 0 Å². The first-order valence-electron chi connectivity index (χ1n) is 2.10. The average Bonchev–Trinajstić information content (AvgIpc) is 1.98. The van der Waals surface area contributed by atoms with Crippen molar-refractivity contribution in [2.45, 2.75) is 0 Å². The lowest BCUT2D eigenvalue weighted by Crippen LogP contribution is -2.25. The van der Waals surface area contributed by atoms with Crippen molar-refractivity contribution in [3.8, 4) is 0 Å². The van der Waals surface area contributed by atoms with Crippen LogP contribution in [-0.4, -0.2) is 4.98 Å². The minimum Gasteiger partial charge on any atom is -0.233 e. The molecule has 0 saturated heterocycles. The highest BCUT2D eigenvalue weighted by atomic mass is 35.5. The van der Waals surface area contributed by atoms with Crippen LogP contribution in [0, 0.1) is 0 Å². The van der Waals surface area contributed by atoms with E-state index in [9.17, 15) is 0 Å². The first-order chi connectivity index (χ1) is 3.72. The summed E-state index contributed by atoms with van der Waals surface area (Å²) in [5.74, 6) is 0. The molecule has 0 amide bonds. The van der Waals surface area contributed by atoms with E-state index in [0.717, 1.165) is 0 Å². The largest absolute Gasteiger partial charge is 0.254 e. The van der Waals surface area contributed by atoms with E-state index in [1.807, 2.05) is 7.05 Å². The number of rotatable bonds is 0. The molecule has 0 aliphatic rings. The van der Waals surface area contributed by atoms with Gasteiger partial charge in [-0.2, -0.15) is 0 Å². The van der Waals surface area contributed by atoms with E-state index in [-0.39, 0.29) is 0 Å². The van der Waals surface area contributed by atoms with Crippen LogP contribution in [0.2, 0.25) is 10.3 Å². The first-order valence-corrected chi connectivity index (χ1v) is 2.85. The second-order valence-electron chi connectivity index (χ2n) is 1.49. The molecule has 1 aromatic heterocycles. The van der Waals surface area contributed by atoms with E-state index in [2.05, 4.69) is 4.98 Å². The van der Waals surface area contributed by atoms with Gasteiger partial charge < -0.3 is 0 Å². The molecule has 2 nitrogen and oxygen atoms in total. The molecule has 4 heteroatoms. The Morgan fingerprint density at radius 2 is 2.25 bits per heavy atom. The molecule has 0 saturated carbocycles. The van der Waals surface area contributed by atoms with E-state index in [1.165, 1.54) is 0 Å². The van der Waals surface area contributed by atoms with Crippen molar-refractivity contribution >= 4 is 23.2 Å². The topological polar surface area (TPSA) is 19.7 Å². The number of hydrogen-bond donors (Lipinski definition) is 1. The Hall–Kier alpha value is -0.210. The lowest BCUT2D eigenvalue weighted by molar-refractivity contribution is -0.667. The van der Waals surface area contributed by atoms with Crippen LogP contribution >= 0.6 is 23.2 Å². The first kappa shape index (κ1) is 5.92. The second-order valence-corrected chi connectivity index (χ2v) is 2.23. The van der Waals surface area contributed by atoms with Gasteiger partial charge >= 0.3 is 0 Å². The van der Waals surface area contributed by atoms with Crippen LogP contribution in [0.4, 0.5) is 0 Å². The normalized spacial score (nSPS) is 9.88. The van der Waals surface area contributed by atoms with Gasteiger partial charge in [0, 0.05) is 0 Å². The third-order valence-corrected chi connectivity index (χ3v) is 1.72. The fraction of sp³-hybridized carbons (Fsp3) is 0.250. The summed E-state index contributed by atoms with van der Waals surface area (Å²) >= 11 is 11.1. The van der Waals surface area contributed by atoms with Gasteiger partial charge in [0.2, 0.25) is 6.33 Å². The van der Waals surface area contributed by atoms with Crippen LogP contribution < -0.4 is 4.57 Å².